The van der Waals surface area contributed by atoms with Crippen LogP contribution in [0.25, 0.3) is 11.1 Å². The second-order valence-electron chi connectivity index (χ2n) is 3.55. The summed E-state index contributed by atoms with van der Waals surface area (Å²) in [6.07, 6.45) is 0. The first kappa shape index (κ1) is 11.0. The van der Waals surface area contributed by atoms with Crippen LogP contribution in [0.15, 0.2) is 42.5 Å². The molecular formula is C14H12ClO. The van der Waals surface area contributed by atoms with Gasteiger partial charge in [0.2, 0.25) is 0 Å². The first-order valence-corrected chi connectivity index (χ1v) is 5.34. The maximum Gasteiger partial charge on any atom is 0.137 e. The summed E-state index contributed by atoms with van der Waals surface area (Å²) in [5.74, 6) is 0.691. The normalized spacial score (nSPS) is 10.2. The van der Waals surface area contributed by atoms with E-state index >= 15 is 0 Å². The smallest absolute Gasteiger partial charge is 0.137 e. The van der Waals surface area contributed by atoms with Crippen LogP contribution in [0.1, 0.15) is 5.56 Å². The SMILES string of the molecule is [CH2]c1cccc(-c2ccc(OC)c(Cl)c2)c1. The van der Waals surface area contributed by atoms with Gasteiger partial charge in [-0.05, 0) is 35.7 Å². The average Bonchev–Trinajstić information content (AvgIpc) is 2.29. The van der Waals surface area contributed by atoms with Crippen molar-refractivity contribution in [3.8, 4) is 16.9 Å². The molecule has 1 radical (unpaired) electrons. The first-order chi connectivity index (χ1) is 7.70. The Morgan fingerprint density at radius 2 is 1.81 bits per heavy atom. The van der Waals surface area contributed by atoms with E-state index in [1.165, 1.54) is 0 Å². The Bertz CT molecular complexity index is 506. The molecule has 2 aromatic carbocycles. The Balaban J connectivity index is 2.45. The molecule has 16 heavy (non-hydrogen) atoms. The third-order valence-electron chi connectivity index (χ3n) is 2.41. The lowest BCUT2D eigenvalue weighted by molar-refractivity contribution is 0.415. The number of rotatable bonds is 2. The van der Waals surface area contributed by atoms with Crippen molar-refractivity contribution < 1.29 is 4.74 Å². The minimum absolute atomic E-state index is 0.620. The van der Waals surface area contributed by atoms with E-state index in [2.05, 4.69) is 6.92 Å². The molecule has 0 amide bonds. The molecule has 2 rings (SSSR count). The Labute approximate surface area is 101 Å². The third-order valence-corrected chi connectivity index (χ3v) is 2.71. The van der Waals surface area contributed by atoms with E-state index in [0.29, 0.717) is 10.8 Å². The zero-order valence-corrected chi connectivity index (χ0v) is 9.79. The van der Waals surface area contributed by atoms with Crippen molar-refractivity contribution in [2.75, 3.05) is 7.11 Å². The van der Waals surface area contributed by atoms with E-state index < -0.39 is 0 Å². The van der Waals surface area contributed by atoms with Gasteiger partial charge in [0.1, 0.15) is 5.75 Å². The molecule has 2 heteroatoms. The largest absolute Gasteiger partial charge is 0.495 e. The molecule has 2 aromatic rings. The molecular weight excluding hydrogens is 220 g/mol. The van der Waals surface area contributed by atoms with E-state index in [0.717, 1.165) is 16.7 Å². The lowest BCUT2D eigenvalue weighted by Crippen LogP contribution is -1.85. The molecule has 0 fully saturated rings. The predicted molar refractivity (Wildman–Crippen MR) is 67.9 cm³/mol. The molecule has 0 saturated heterocycles. The zero-order chi connectivity index (χ0) is 11.5. The van der Waals surface area contributed by atoms with E-state index in [1.807, 2.05) is 42.5 Å². The van der Waals surface area contributed by atoms with Crippen LogP contribution in [0.4, 0.5) is 0 Å². The number of hydrogen-bond donors (Lipinski definition) is 0. The molecule has 81 valence electrons. The van der Waals surface area contributed by atoms with E-state index in [4.69, 9.17) is 16.3 Å². The van der Waals surface area contributed by atoms with Gasteiger partial charge in [0.15, 0.2) is 0 Å². The third kappa shape index (κ3) is 2.20. The fourth-order valence-electron chi connectivity index (χ4n) is 1.60. The maximum absolute atomic E-state index is 6.08. The van der Waals surface area contributed by atoms with Crippen molar-refractivity contribution in [1.82, 2.24) is 0 Å². The summed E-state index contributed by atoms with van der Waals surface area (Å²) < 4.78 is 5.12. The van der Waals surface area contributed by atoms with E-state index in [-0.39, 0.29) is 0 Å². The van der Waals surface area contributed by atoms with Gasteiger partial charge in [-0.15, -0.1) is 0 Å². The minimum atomic E-state index is 0.620. The average molecular weight is 232 g/mol. The summed E-state index contributed by atoms with van der Waals surface area (Å²) in [6, 6.07) is 13.8. The molecule has 0 aliphatic heterocycles. The van der Waals surface area contributed by atoms with Crippen LogP contribution < -0.4 is 4.74 Å². The fourth-order valence-corrected chi connectivity index (χ4v) is 1.85. The number of methoxy groups -OCH3 is 1. The quantitative estimate of drug-likeness (QED) is 0.753. The molecule has 0 bridgehead atoms. The summed E-state index contributed by atoms with van der Waals surface area (Å²) in [7, 11) is 1.61. The van der Waals surface area contributed by atoms with Gasteiger partial charge in [-0.3, -0.25) is 0 Å². The molecule has 0 spiro atoms. The van der Waals surface area contributed by atoms with Crippen molar-refractivity contribution in [1.29, 1.82) is 0 Å². The van der Waals surface area contributed by atoms with Gasteiger partial charge in [-0.1, -0.05) is 41.9 Å². The first-order valence-electron chi connectivity index (χ1n) is 4.96. The van der Waals surface area contributed by atoms with Crippen LogP contribution in [0.3, 0.4) is 0 Å². The summed E-state index contributed by atoms with van der Waals surface area (Å²) >= 11 is 6.08. The Hall–Kier alpha value is -1.47. The lowest BCUT2D eigenvalue weighted by atomic mass is 10.0. The molecule has 0 aliphatic carbocycles. The van der Waals surface area contributed by atoms with Gasteiger partial charge in [0, 0.05) is 0 Å². The Morgan fingerprint density at radius 3 is 2.44 bits per heavy atom. The number of benzene rings is 2. The lowest BCUT2D eigenvalue weighted by Gasteiger charge is -2.06. The van der Waals surface area contributed by atoms with Crippen molar-refractivity contribution in [3.05, 3.63) is 60.0 Å². The van der Waals surface area contributed by atoms with Crippen molar-refractivity contribution in [3.63, 3.8) is 0 Å². The Morgan fingerprint density at radius 1 is 1.06 bits per heavy atom. The monoisotopic (exact) mass is 231 g/mol. The molecule has 0 heterocycles. The molecule has 1 nitrogen and oxygen atoms in total. The fraction of sp³-hybridized carbons (Fsp3) is 0.0714. The van der Waals surface area contributed by atoms with Gasteiger partial charge in [0.05, 0.1) is 12.1 Å². The molecule has 0 unspecified atom stereocenters. The zero-order valence-electron chi connectivity index (χ0n) is 9.03. The number of hydrogen-bond acceptors (Lipinski definition) is 1. The van der Waals surface area contributed by atoms with Crippen LogP contribution in [-0.2, 0) is 0 Å². The molecule has 0 N–H and O–H groups in total. The van der Waals surface area contributed by atoms with Gasteiger partial charge in [0.25, 0.3) is 0 Å². The highest BCUT2D eigenvalue weighted by atomic mass is 35.5. The second kappa shape index (κ2) is 4.58. The summed E-state index contributed by atoms with van der Waals surface area (Å²) in [5, 5.41) is 0.620. The van der Waals surface area contributed by atoms with Crippen molar-refractivity contribution in [2.24, 2.45) is 0 Å². The van der Waals surface area contributed by atoms with Crippen LogP contribution in [0, 0.1) is 6.92 Å². The van der Waals surface area contributed by atoms with Crippen molar-refractivity contribution in [2.45, 2.75) is 0 Å². The van der Waals surface area contributed by atoms with E-state index in [9.17, 15) is 0 Å². The molecule has 0 atom stereocenters. The molecule has 0 saturated carbocycles. The highest BCUT2D eigenvalue weighted by molar-refractivity contribution is 6.32. The minimum Gasteiger partial charge on any atom is -0.495 e. The molecule has 0 aromatic heterocycles. The van der Waals surface area contributed by atoms with Gasteiger partial charge < -0.3 is 4.74 Å². The van der Waals surface area contributed by atoms with Crippen LogP contribution in [-0.4, -0.2) is 7.11 Å². The highest BCUT2D eigenvalue weighted by Crippen LogP contribution is 2.30. The standard InChI is InChI=1S/C14H12ClO/c1-10-4-3-5-11(8-10)12-6-7-14(16-2)13(15)9-12/h3-9H,1H2,2H3. The Kier molecular flexibility index (Phi) is 3.16. The van der Waals surface area contributed by atoms with Gasteiger partial charge >= 0.3 is 0 Å². The highest BCUT2D eigenvalue weighted by Gasteiger charge is 2.03. The predicted octanol–water partition coefficient (Wildman–Crippen LogP) is 4.20. The summed E-state index contributed by atoms with van der Waals surface area (Å²) in [5.41, 5.74) is 3.16. The molecule has 0 aliphatic rings. The van der Waals surface area contributed by atoms with Crippen molar-refractivity contribution >= 4 is 11.6 Å². The number of ether oxygens (including phenoxy) is 1. The summed E-state index contributed by atoms with van der Waals surface area (Å²) in [4.78, 5) is 0. The topological polar surface area (TPSA) is 9.23 Å². The second-order valence-corrected chi connectivity index (χ2v) is 3.96. The van der Waals surface area contributed by atoms with Crippen LogP contribution in [0.5, 0.6) is 5.75 Å². The van der Waals surface area contributed by atoms with Gasteiger partial charge in [-0.25, -0.2) is 0 Å². The van der Waals surface area contributed by atoms with Gasteiger partial charge in [-0.2, -0.15) is 0 Å². The number of halogens is 1. The van der Waals surface area contributed by atoms with E-state index in [1.54, 1.807) is 7.11 Å². The van der Waals surface area contributed by atoms with Crippen LogP contribution >= 0.6 is 11.6 Å². The van der Waals surface area contributed by atoms with Crippen LogP contribution in [0.2, 0.25) is 5.02 Å². The maximum atomic E-state index is 6.08. The summed E-state index contributed by atoms with van der Waals surface area (Å²) in [6.45, 7) is 3.91.